The summed E-state index contributed by atoms with van der Waals surface area (Å²) in [5, 5.41) is 6.12. The van der Waals surface area contributed by atoms with E-state index in [0.717, 1.165) is 59.3 Å². The number of unbranched alkanes of at least 4 members (excludes halogenated alkanes) is 18. The van der Waals surface area contributed by atoms with Gasteiger partial charge in [-0.15, -0.1) is 0 Å². The topological polar surface area (TPSA) is 58.2 Å². The van der Waals surface area contributed by atoms with E-state index in [-0.39, 0.29) is 11.8 Å². The van der Waals surface area contributed by atoms with Crippen molar-refractivity contribution in [2.24, 2.45) is 0 Å². The highest BCUT2D eigenvalue weighted by atomic mass is 16.2. The second-order valence-corrected chi connectivity index (χ2v) is 13.7. The Morgan fingerprint density at radius 1 is 0.354 bits per heavy atom. The minimum absolute atomic E-state index is 0.103. The molecule has 0 aromatic heterocycles. The summed E-state index contributed by atoms with van der Waals surface area (Å²) >= 11 is 0. The third kappa shape index (κ3) is 16.6. The van der Waals surface area contributed by atoms with E-state index in [9.17, 15) is 9.59 Å². The fraction of sp³-hybridized carbons (Fsp3) is 0.545. The number of carbonyl (C=O) groups is 2. The lowest BCUT2D eigenvalue weighted by molar-refractivity contribution is -0.117. The monoisotopic (exact) mass is 652 g/mol. The predicted octanol–water partition coefficient (Wildman–Crippen LogP) is 13.5. The molecule has 0 heterocycles. The molecule has 2 amide bonds. The zero-order valence-electron chi connectivity index (χ0n) is 30.3. The number of hydrogen-bond donors (Lipinski definition) is 2. The molecule has 3 aromatic carbocycles. The zero-order chi connectivity index (χ0) is 34.1. The second-order valence-electron chi connectivity index (χ2n) is 13.7. The number of amides is 2. The van der Waals surface area contributed by atoms with Crippen LogP contribution in [0.3, 0.4) is 0 Å². The Labute approximate surface area is 292 Å². The maximum atomic E-state index is 12.4. The molecule has 0 aliphatic heterocycles. The molecule has 0 aliphatic carbocycles. The van der Waals surface area contributed by atoms with E-state index in [2.05, 4.69) is 73.0 Å². The standard InChI is InChI=1S/C44H64N2O2/c1-3-5-7-9-11-13-15-17-19-21-23-43(47)45-41-33-29-39(30-34-41)37-25-27-38(28-26-37)40-31-35-42(36-32-40)46-44(48)24-22-20-18-16-14-12-10-8-6-4-2/h25-36H,3-24H2,1-2H3,(H,45,47)(H,46,48). The first-order valence-electron chi connectivity index (χ1n) is 19.5. The van der Waals surface area contributed by atoms with Crippen molar-refractivity contribution in [2.45, 2.75) is 155 Å². The molecule has 0 fully saturated rings. The Morgan fingerprint density at radius 2 is 0.583 bits per heavy atom. The van der Waals surface area contributed by atoms with Gasteiger partial charge in [0.25, 0.3) is 0 Å². The molecule has 48 heavy (non-hydrogen) atoms. The predicted molar refractivity (Wildman–Crippen MR) is 207 cm³/mol. The number of anilines is 2. The summed E-state index contributed by atoms with van der Waals surface area (Å²) in [6.45, 7) is 4.52. The maximum absolute atomic E-state index is 12.4. The van der Waals surface area contributed by atoms with Gasteiger partial charge in [0, 0.05) is 24.2 Å². The quantitative estimate of drug-likeness (QED) is 0.0848. The van der Waals surface area contributed by atoms with Crippen molar-refractivity contribution in [1.29, 1.82) is 0 Å². The van der Waals surface area contributed by atoms with Gasteiger partial charge >= 0.3 is 0 Å². The Morgan fingerprint density at radius 3 is 0.854 bits per heavy atom. The highest BCUT2D eigenvalue weighted by Gasteiger charge is 2.06. The van der Waals surface area contributed by atoms with E-state index in [1.807, 2.05) is 24.3 Å². The Kier molecular flexibility index (Phi) is 20.1. The van der Waals surface area contributed by atoms with E-state index in [1.165, 1.54) is 103 Å². The van der Waals surface area contributed by atoms with Crippen LogP contribution in [-0.2, 0) is 9.59 Å². The van der Waals surface area contributed by atoms with Crippen LogP contribution in [0.5, 0.6) is 0 Å². The van der Waals surface area contributed by atoms with Crippen molar-refractivity contribution >= 4 is 23.2 Å². The average Bonchev–Trinajstić information content (AvgIpc) is 3.10. The van der Waals surface area contributed by atoms with Gasteiger partial charge in [-0.05, 0) is 59.4 Å². The molecule has 0 aliphatic rings. The van der Waals surface area contributed by atoms with Crippen LogP contribution in [0.4, 0.5) is 11.4 Å². The molecule has 4 heteroatoms. The molecule has 0 saturated carbocycles. The molecule has 2 N–H and O–H groups in total. The van der Waals surface area contributed by atoms with Gasteiger partial charge in [0.1, 0.15) is 0 Å². The molecule has 3 rings (SSSR count). The Hall–Kier alpha value is -3.40. The normalized spacial score (nSPS) is 11.0. The van der Waals surface area contributed by atoms with Crippen molar-refractivity contribution in [1.82, 2.24) is 0 Å². The Balaban J connectivity index is 1.31. The zero-order valence-corrected chi connectivity index (χ0v) is 30.3. The molecule has 262 valence electrons. The van der Waals surface area contributed by atoms with Crippen LogP contribution in [0.2, 0.25) is 0 Å². The minimum Gasteiger partial charge on any atom is -0.326 e. The molecule has 0 spiro atoms. The summed E-state index contributed by atoms with van der Waals surface area (Å²) in [6, 6.07) is 24.8. The minimum atomic E-state index is 0.103. The smallest absolute Gasteiger partial charge is 0.224 e. The first kappa shape index (κ1) is 39.0. The summed E-state index contributed by atoms with van der Waals surface area (Å²) in [5.74, 6) is 0.206. The van der Waals surface area contributed by atoms with Crippen LogP contribution in [0.25, 0.3) is 22.3 Å². The molecule has 0 unspecified atom stereocenters. The third-order valence-electron chi connectivity index (χ3n) is 9.40. The molecular weight excluding hydrogens is 588 g/mol. The van der Waals surface area contributed by atoms with Crippen LogP contribution in [0.15, 0.2) is 72.8 Å². The van der Waals surface area contributed by atoms with E-state index >= 15 is 0 Å². The number of hydrogen-bond acceptors (Lipinski definition) is 2. The molecule has 0 bridgehead atoms. The molecule has 3 aromatic rings. The van der Waals surface area contributed by atoms with Crippen LogP contribution in [-0.4, -0.2) is 11.8 Å². The van der Waals surface area contributed by atoms with Crippen LogP contribution >= 0.6 is 0 Å². The first-order chi connectivity index (χ1) is 23.6. The first-order valence-corrected chi connectivity index (χ1v) is 19.5. The van der Waals surface area contributed by atoms with Crippen LogP contribution in [0.1, 0.15) is 155 Å². The van der Waals surface area contributed by atoms with E-state index < -0.39 is 0 Å². The van der Waals surface area contributed by atoms with Gasteiger partial charge in [-0.2, -0.15) is 0 Å². The average molecular weight is 653 g/mol. The maximum Gasteiger partial charge on any atom is 0.224 e. The third-order valence-corrected chi connectivity index (χ3v) is 9.40. The van der Waals surface area contributed by atoms with Crippen molar-refractivity contribution in [3.05, 3.63) is 72.8 Å². The summed E-state index contributed by atoms with van der Waals surface area (Å²) < 4.78 is 0. The largest absolute Gasteiger partial charge is 0.326 e. The van der Waals surface area contributed by atoms with Gasteiger partial charge in [-0.3, -0.25) is 9.59 Å². The fourth-order valence-electron chi connectivity index (χ4n) is 6.34. The molecule has 0 radical (unpaired) electrons. The summed E-state index contributed by atoms with van der Waals surface area (Å²) in [4.78, 5) is 24.9. The van der Waals surface area contributed by atoms with Crippen molar-refractivity contribution in [3.8, 4) is 22.3 Å². The number of rotatable bonds is 26. The van der Waals surface area contributed by atoms with Crippen molar-refractivity contribution < 1.29 is 9.59 Å². The molecule has 4 nitrogen and oxygen atoms in total. The number of carbonyl (C=O) groups excluding carboxylic acids is 2. The summed E-state index contributed by atoms with van der Waals surface area (Å²) in [6.07, 6.45) is 26.6. The molecule has 0 atom stereocenters. The van der Waals surface area contributed by atoms with Crippen LogP contribution in [0, 0.1) is 0 Å². The van der Waals surface area contributed by atoms with E-state index in [0.29, 0.717) is 12.8 Å². The van der Waals surface area contributed by atoms with Gasteiger partial charge in [0.15, 0.2) is 0 Å². The van der Waals surface area contributed by atoms with Gasteiger partial charge in [0.2, 0.25) is 11.8 Å². The van der Waals surface area contributed by atoms with Crippen LogP contribution < -0.4 is 10.6 Å². The fourth-order valence-corrected chi connectivity index (χ4v) is 6.34. The Bertz CT molecular complexity index is 1160. The lowest BCUT2D eigenvalue weighted by Gasteiger charge is -2.09. The number of benzene rings is 3. The van der Waals surface area contributed by atoms with Crippen molar-refractivity contribution in [3.63, 3.8) is 0 Å². The van der Waals surface area contributed by atoms with Crippen molar-refractivity contribution in [2.75, 3.05) is 10.6 Å². The van der Waals surface area contributed by atoms with Gasteiger partial charge in [0.05, 0.1) is 0 Å². The van der Waals surface area contributed by atoms with Gasteiger partial charge < -0.3 is 10.6 Å². The highest BCUT2D eigenvalue weighted by Crippen LogP contribution is 2.27. The van der Waals surface area contributed by atoms with E-state index in [1.54, 1.807) is 0 Å². The highest BCUT2D eigenvalue weighted by molar-refractivity contribution is 5.91. The SMILES string of the molecule is CCCCCCCCCCCCC(=O)Nc1ccc(-c2ccc(-c3ccc(NC(=O)CCCCCCCCCCCC)cc3)cc2)cc1. The summed E-state index contributed by atoms with van der Waals surface area (Å²) in [5.41, 5.74) is 6.21. The molecule has 0 saturated heterocycles. The lowest BCUT2D eigenvalue weighted by atomic mass is 10.00. The second kappa shape index (κ2) is 24.7. The van der Waals surface area contributed by atoms with E-state index in [4.69, 9.17) is 0 Å². The van der Waals surface area contributed by atoms with Gasteiger partial charge in [-0.25, -0.2) is 0 Å². The molecular formula is C44H64N2O2. The number of nitrogens with one attached hydrogen (secondary N) is 2. The summed E-state index contributed by atoms with van der Waals surface area (Å²) in [7, 11) is 0. The lowest BCUT2D eigenvalue weighted by Crippen LogP contribution is -2.10. The van der Waals surface area contributed by atoms with Gasteiger partial charge in [-0.1, -0.05) is 178 Å².